The molecule has 0 radical (unpaired) electrons. The summed E-state index contributed by atoms with van der Waals surface area (Å²) in [5.41, 5.74) is 6.48. The van der Waals surface area contributed by atoms with Crippen molar-refractivity contribution >= 4 is 28.4 Å². The largest absolute Gasteiger partial charge is 0.326 e. The van der Waals surface area contributed by atoms with Crippen molar-refractivity contribution in [2.45, 2.75) is 19.9 Å². The van der Waals surface area contributed by atoms with Crippen LogP contribution in [0.1, 0.15) is 23.7 Å². The highest BCUT2D eigenvalue weighted by molar-refractivity contribution is 6.08. The van der Waals surface area contributed by atoms with Crippen molar-refractivity contribution < 1.29 is 9.59 Å². The van der Waals surface area contributed by atoms with Crippen LogP contribution in [0.4, 0.5) is 5.69 Å². The molecular formula is C24H19N3O2. The number of rotatable bonds is 3. The zero-order chi connectivity index (χ0) is 20.0. The van der Waals surface area contributed by atoms with Crippen molar-refractivity contribution in [1.82, 2.24) is 9.55 Å². The summed E-state index contributed by atoms with van der Waals surface area (Å²) in [7, 11) is 0. The summed E-state index contributed by atoms with van der Waals surface area (Å²) in [6.45, 7) is 2.15. The van der Waals surface area contributed by atoms with Gasteiger partial charge in [-0.25, -0.2) is 4.98 Å². The zero-order valence-corrected chi connectivity index (χ0v) is 16.0. The number of carbonyl (C=O) groups excluding carboxylic acids is 2. The molecule has 5 nitrogen and oxygen atoms in total. The van der Waals surface area contributed by atoms with E-state index in [0.29, 0.717) is 13.0 Å². The molecule has 29 heavy (non-hydrogen) atoms. The average molecular weight is 381 g/mol. The van der Waals surface area contributed by atoms with Gasteiger partial charge in [0.25, 0.3) is 0 Å². The molecule has 0 spiro atoms. The van der Waals surface area contributed by atoms with Crippen LogP contribution in [0.3, 0.4) is 0 Å². The number of imidazole rings is 1. The molecule has 1 aliphatic rings. The molecule has 142 valence electrons. The SMILES string of the molecule is CC(=O)Nc1ccc(-c2cccc(-c3nc4cccc5c4n3CCC5=O)c2)cc1. The molecule has 0 saturated carbocycles. The molecule has 5 heteroatoms. The molecule has 4 aromatic rings. The molecule has 1 aliphatic heterocycles. The van der Waals surface area contributed by atoms with Crippen LogP contribution < -0.4 is 5.32 Å². The van der Waals surface area contributed by atoms with E-state index >= 15 is 0 Å². The van der Waals surface area contributed by atoms with Gasteiger partial charge in [0.2, 0.25) is 5.91 Å². The first-order valence-corrected chi connectivity index (χ1v) is 9.61. The molecule has 0 aliphatic carbocycles. The van der Waals surface area contributed by atoms with Crippen LogP contribution in [0.25, 0.3) is 33.5 Å². The van der Waals surface area contributed by atoms with Gasteiger partial charge in [-0.1, -0.05) is 36.4 Å². The summed E-state index contributed by atoms with van der Waals surface area (Å²) >= 11 is 0. The first-order valence-electron chi connectivity index (χ1n) is 9.61. The molecule has 1 aromatic heterocycles. The minimum Gasteiger partial charge on any atom is -0.326 e. The Morgan fingerprint density at radius 1 is 0.966 bits per heavy atom. The Morgan fingerprint density at radius 2 is 1.72 bits per heavy atom. The minimum atomic E-state index is -0.0852. The Labute approximate surface area is 168 Å². The average Bonchev–Trinajstić information content (AvgIpc) is 3.11. The number of hydrogen-bond acceptors (Lipinski definition) is 3. The number of benzene rings is 3. The second kappa shape index (κ2) is 6.71. The van der Waals surface area contributed by atoms with Crippen LogP contribution in [0.5, 0.6) is 0 Å². The summed E-state index contributed by atoms with van der Waals surface area (Å²) < 4.78 is 2.16. The fourth-order valence-electron chi connectivity index (χ4n) is 3.98. The summed E-state index contributed by atoms with van der Waals surface area (Å²) in [5.74, 6) is 0.983. The fraction of sp³-hybridized carbons (Fsp3) is 0.125. The first kappa shape index (κ1) is 17.4. The van der Waals surface area contributed by atoms with Crippen LogP contribution in [0.2, 0.25) is 0 Å². The molecule has 3 aromatic carbocycles. The highest BCUT2D eigenvalue weighted by Crippen LogP contribution is 2.33. The van der Waals surface area contributed by atoms with Crippen molar-refractivity contribution in [3.8, 4) is 22.5 Å². The Hall–Kier alpha value is -3.73. The number of carbonyl (C=O) groups is 2. The lowest BCUT2D eigenvalue weighted by molar-refractivity contribution is -0.114. The van der Waals surface area contributed by atoms with E-state index < -0.39 is 0 Å². The van der Waals surface area contributed by atoms with E-state index in [-0.39, 0.29) is 11.7 Å². The number of ketones is 1. The van der Waals surface area contributed by atoms with Gasteiger partial charge in [-0.3, -0.25) is 9.59 Å². The second-order valence-electron chi connectivity index (χ2n) is 7.27. The van der Waals surface area contributed by atoms with Gasteiger partial charge in [0, 0.05) is 36.7 Å². The van der Waals surface area contributed by atoms with Crippen molar-refractivity contribution in [2.24, 2.45) is 0 Å². The monoisotopic (exact) mass is 381 g/mol. The summed E-state index contributed by atoms with van der Waals surface area (Å²) in [4.78, 5) is 28.3. The quantitative estimate of drug-likeness (QED) is 0.548. The van der Waals surface area contributed by atoms with Crippen molar-refractivity contribution in [3.05, 3.63) is 72.3 Å². The number of nitrogens with one attached hydrogen (secondary N) is 1. The van der Waals surface area contributed by atoms with Crippen LogP contribution in [0.15, 0.2) is 66.7 Å². The normalized spacial score (nSPS) is 12.9. The molecular weight excluding hydrogens is 362 g/mol. The number of amides is 1. The predicted molar refractivity (Wildman–Crippen MR) is 114 cm³/mol. The molecule has 1 amide bonds. The number of aromatic nitrogens is 2. The second-order valence-corrected chi connectivity index (χ2v) is 7.27. The maximum atomic E-state index is 12.3. The van der Waals surface area contributed by atoms with E-state index in [4.69, 9.17) is 4.98 Å². The van der Waals surface area contributed by atoms with Gasteiger partial charge in [-0.2, -0.15) is 0 Å². The number of Topliss-reactive ketones (excluding diaryl/α,β-unsaturated/α-hetero) is 1. The highest BCUT2D eigenvalue weighted by atomic mass is 16.1. The third-order valence-corrected chi connectivity index (χ3v) is 5.29. The minimum absolute atomic E-state index is 0.0852. The maximum Gasteiger partial charge on any atom is 0.221 e. The molecule has 1 N–H and O–H groups in total. The number of para-hydroxylation sites is 1. The molecule has 0 bridgehead atoms. The molecule has 5 rings (SSSR count). The maximum absolute atomic E-state index is 12.3. The van der Waals surface area contributed by atoms with E-state index in [1.807, 2.05) is 48.5 Å². The van der Waals surface area contributed by atoms with E-state index in [0.717, 1.165) is 44.8 Å². The molecule has 0 atom stereocenters. The van der Waals surface area contributed by atoms with Gasteiger partial charge < -0.3 is 9.88 Å². The van der Waals surface area contributed by atoms with Crippen molar-refractivity contribution in [2.75, 3.05) is 5.32 Å². The highest BCUT2D eigenvalue weighted by Gasteiger charge is 2.23. The Morgan fingerprint density at radius 3 is 2.52 bits per heavy atom. The molecule has 2 heterocycles. The molecule has 0 saturated heterocycles. The van der Waals surface area contributed by atoms with Gasteiger partial charge in [0.15, 0.2) is 5.78 Å². The van der Waals surface area contributed by atoms with E-state index in [1.54, 1.807) is 0 Å². The third-order valence-electron chi connectivity index (χ3n) is 5.29. The molecule has 0 unspecified atom stereocenters. The van der Waals surface area contributed by atoms with Crippen LogP contribution in [0, 0.1) is 0 Å². The van der Waals surface area contributed by atoms with Crippen LogP contribution in [-0.4, -0.2) is 21.2 Å². The number of nitrogens with zero attached hydrogens (tertiary/aromatic N) is 2. The molecule has 0 fully saturated rings. The van der Waals surface area contributed by atoms with Crippen LogP contribution in [-0.2, 0) is 11.3 Å². The standard InChI is InChI=1S/C24H19N3O2/c1-15(28)25-19-10-8-16(9-11-19)17-4-2-5-18(14-17)24-26-21-7-3-6-20-22(29)12-13-27(24)23(20)21/h2-11,14H,12-13H2,1H3,(H,25,28). The lowest BCUT2D eigenvalue weighted by Gasteiger charge is -2.16. The number of aryl methyl sites for hydroxylation is 1. The van der Waals surface area contributed by atoms with E-state index in [9.17, 15) is 9.59 Å². The zero-order valence-electron chi connectivity index (χ0n) is 16.0. The van der Waals surface area contributed by atoms with Gasteiger partial charge in [-0.05, 0) is 41.5 Å². The fourth-order valence-corrected chi connectivity index (χ4v) is 3.98. The Kier molecular flexibility index (Phi) is 4.02. The summed E-state index contributed by atoms with van der Waals surface area (Å²) in [6, 6.07) is 21.8. The predicted octanol–water partition coefficient (Wildman–Crippen LogP) is 4.92. The van der Waals surface area contributed by atoms with Gasteiger partial charge in [0.1, 0.15) is 5.82 Å². The number of anilines is 1. The Bertz CT molecular complexity index is 1270. The van der Waals surface area contributed by atoms with Crippen molar-refractivity contribution in [1.29, 1.82) is 0 Å². The smallest absolute Gasteiger partial charge is 0.221 e. The van der Waals surface area contributed by atoms with Gasteiger partial charge in [-0.15, -0.1) is 0 Å². The van der Waals surface area contributed by atoms with E-state index in [2.05, 4.69) is 28.1 Å². The third kappa shape index (κ3) is 3.01. The van der Waals surface area contributed by atoms with E-state index in [1.165, 1.54) is 6.92 Å². The Balaban J connectivity index is 1.57. The lowest BCUT2D eigenvalue weighted by Crippen LogP contribution is -2.14. The van der Waals surface area contributed by atoms with Gasteiger partial charge in [0.05, 0.1) is 11.0 Å². The summed E-state index contributed by atoms with van der Waals surface area (Å²) in [6.07, 6.45) is 0.500. The lowest BCUT2D eigenvalue weighted by atomic mass is 10.0. The van der Waals surface area contributed by atoms with Gasteiger partial charge >= 0.3 is 0 Å². The summed E-state index contributed by atoms with van der Waals surface area (Å²) in [5, 5.41) is 2.79. The van der Waals surface area contributed by atoms with Crippen LogP contribution >= 0.6 is 0 Å². The van der Waals surface area contributed by atoms with Crippen molar-refractivity contribution in [3.63, 3.8) is 0 Å². The topological polar surface area (TPSA) is 64.0 Å². The first-order chi connectivity index (χ1) is 14.1. The number of hydrogen-bond donors (Lipinski definition) is 1.